The molecule has 1 aliphatic rings. The van der Waals surface area contributed by atoms with Gasteiger partial charge in [-0.1, -0.05) is 17.7 Å². The lowest BCUT2D eigenvalue weighted by molar-refractivity contribution is -0.138. The van der Waals surface area contributed by atoms with Crippen molar-refractivity contribution in [2.45, 2.75) is 13.3 Å². The first-order chi connectivity index (χ1) is 10.0. The van der Waals surface area contributed by atoms with Gasteiger partial charge in [0.05, 0.1) is 13.5 Å². The van der Waals surface area contributed by atoms with Crippen LogP contribution in [0.5, 0.6) is 5.75 Å². The number of benzene rings is 1. The molecule has 0 bridgehead atoms. The zero-order valence-corrected chi connectivity index (χ0v) is 13.0. The van der Waals surface area contributed by atoms with Crippen molar-refractivity contribution in [2.75, 3.05) is 33.3 Å². The molecule has 1 fully saturated rings. The van der Waals surface area contributed by atoms with Gasteiger partial charge in [0.2, 0.25) is 11.8 Å². The van der Waals surface area contributed by atoms with E-state index in [2.05, 4.69) is 0 Å². The number of halogens is 1. The van der Waals surface area contributed by atoms with Crippen LogP contribution in [-0.2, 0) is 16.0 Å². The second-order valence-electron chi connectivity index (χ2n) is 5.02. The van der Waals surface area contributed by atoms with Crippen LogP contribution in [0.25, 0.3) is 0 Å². The van der Waals surface area contributed by atoms with Crippen molar-refractivity contribution in [2.24, 2.45) is 0 Å². The number of ether oxygens (including phenoxy) is 1. The lowest BCUT2D eigenvalue weighted by atomic mass is 10.1. The van der Waals surface area contributed by atoms with Crippen molar-refractivity contribution in [1.29, 1.82) is 0 Å². The summed E-state index contributed by atoms with van der Waals surface area (Å²) in [7, 11) is 1.57. The summed E-state index contributed by atoms with van der Waals surface area (Å²) in [4.78, 5) is 27.1. The van der Waals surface area contributed by atoms with Gasteiger partial charge in [-0.25, -0.2) is 0 Å². The Morgan fingerprint density at radius 2 is 1.81 bits per heavy atom. The molecule has 0 saturated carbocycles. The van der Waals surface area contributed by atoms with Gasteiger partial charge in [-0.05, 0) is 17.7 Å². The molecule has 6 heteroatoms. The molecule has 21 heavy (non-hydrogen) atoms. The molecule has 2 rings (SSSR count). The Labute approximate surface area is 129 Å². The topological polar surface area (TPSA) is 49.9 Å². The Morgan fingerprint density at radius 1 is 1.19 bits per heavy atom. The summed E-state index contributed by atoms with van der Waals surface area (Å²) < 4.78 is 5.09. The maximum atomic E-state index is 12.3. The molecule has 0 aliphatic carbocycles. The van der Waals surface area contributed by atoms with Crippen LogP contribution in [0.15, 0.2) is 18.2 Å². The number of piperazine rings is 1. The molecule has 2 amide bonds. The number of nitrogens with zero attached hydrogens (tertiary/aromatic N) is 2. The van der Waals surface area contributed by atoms with Crippen LogP contribution in [0.1, 0.15) is 12.5 Å². The van der Waals surface area contributed by atoms with E-state index in [4.69, 9.17) is 16.3 Å². The van der Waals surface area contributed by atoms with E-state index < -0.39 is 0 Å². The SMILES string of the molecule is COc1ccc(CC(=O)N2CCN(C(C)=O)CC2)c(Cl)c1. The standard InChI is InChI=1S/C15H19ClN2O3/c1-11(19)17-5-7-18(8-6-17)15(20)9-12-3-4-13(21-2)10-14(12)16/h3-4,10H,5-9H2,1-2H3. The van der Waals surface area contributed by atoms with Gasteiger partial charge < -0.3 is 14.5 Å². The van der Waals surface area contributed by atoms with E-state index in [1.165, 1.54) is 0 Å². The predicted octanol–water partition coefficient (Wildman–Crippen LogP) is 1.58. The van der Waals surface area contributed by atoms with Crippen molar-refractivity contribution in [3.8, 4) is 5.75 Å². The van der Waals surface area contributed by atoms with Gasteiger partial charge in [-0.15, -0.1) is 0 Å². The molecule has 0 unspecified atom stereocenters. The van der Waals surface area contributed by atoms with E-state index in [1.54, 1.807) is 36.0 Å². The quantitative estimate of drug-likeness (QED) is 0.852. The average Bonchev–Trinajstić information content (AvgIpc) is 2.49. The third kappa shape index (κ3) is 3.88. The van der Waals surface area contributed by atoms with E-state index in [9.17, 15) is 9.59 Å². The zero-order chi connectivity index (χ0) is 15.4. The van der Waals surface area contributed by atoms with E-state index in [1.807, 2.05) is 6.07 Å². The van der Waals surface area contributed by atoms with Crippen molar-refractivity contribution in [3.05, 3.63) is 28.8 Å². The lowest BCUT2D eigenvalue weighted by Gasteiger charge is -2.34. The number of rotatable bonds is 3. The van der Waals surface area contributed by atoms with E-state index in [0.29, 0.717) is 37.0 Å². The van der Waals surface area contributed by atoms with Crippen LogP contribution in [0.4, 0.5) is 0 Å². The highest BCUT2D eigenvalue weighted by molar-refractivity contribution is 6.31. The predicted molar refractivity (Wildman–Crippen MR) is 80.5 cm³/mol. The van der Waals surface area contributed by atoms with Gasteiger partial charge in [0, 0.05) is 38.1 Å². The Bertz CT molecular complexity index is 540. The molecule has 1 aromatic rings. The fourth-order valence-corrected chi connectivity index (χ4v) is 2.58. The van der Waals surface area contributed by atoms with Crippen molar-refractivity contribution < 1.29 is 14.3 Å². The van der Waals surface area contributed by atoms with Crippen LogP contribution in [0.3, 0.4) is 0 Å². The van der Waals surface area contributed by atoms with Gasteiger partial charge in [0.15, 0.2) is 0 Å². The van der Waals surface area contributed by atoms with Crippen molar-refractivity contribution >= 4 is 23.4 Å². The molecule has 0 aromatic heterocycles. The van der Waals surface area contributed by atoms with Crippen molar-refractivity contribution in [3.63, 3.8) is 0 Å². The maximum Gasteiger partial charge on any atom is 0.227 e. The number of amides is 2. The van der Waals surface area contributed by atoms with Gasteiger partial charge >= 0.3 is 0 Å². The summed E-state index contributed by atoms with van der Waals surface area (Å²) in [6, 6.07) is 5.31. The Hall–Kier alpha value is -1.75. The van der Waals surface area contributed by atoms with Crippen LogP contribution in [0, 0.1) is 0 Å². The van der Waals surface area contributed by atoms with Gasteiger partial charge in [-0.2, -0.15) is 0 Å². The first-order valence-corrected chi connectivity index (χ1v) is 7.24. The van der Waals surface area contributed by atoms with Crippen molar-refractivity contribution in [1.82, 2.24) is 9.80 Å². The molecule has 0 N–H and O–H groups in total. The second-order valence-corrected chi connectivity index (χ2v) is 5.43. The Morgan fingerprint density at radius 3 is 2.33 bits per heavy atom. The number of carbonyl (C=O) groups excluding carboxylic acids is 2. The van der Waals surface area contributed by atoms with E-state index >= 15 is 0 Å². The first kappa shape index (κ1) is 15.6. The number of hydrogen-bond donors (Lipinski definition) is 0. The van der Waals surface area contributed by atoms with Crippen LogP contribution in [0.2, 0.25) is 5.02 Å². The first-order valence-electron chi connectivity index (χ1n) is 6.87. The molecule has 1 heterocycles. The summed E-state index contributed by atoms with van der Waals surface area (Å²) in [6.07, 6.45) is 0.267. The molecular formula is C15H19ClN2O3. The lowest BCUT2D eigenvalue weighted by Crippen LogP contribution is -2.50. The normalized spacial score (nSPS) is 15.0. The second kappa shape index (κ2) is 6.80. The fourth-order valence-electron chi connectivity index (χ4n) is 2.34. The molecule has 1 saturated heterocycles. The van der Waals surface area contributed by atoms with Crippen LogP contribution < -0.4 is 4.74 Å². The van der Waals surface area contributed by atoms with Crippen LogP contribution >= 0.6 is 11.6 Å². The Balaban J connectivity index is 1.95. The summed E-state index contributed by atoms with van der Waals surface area (Å²) in [6.45, 7) is 3.89. The Kier molecular flexibility index (Phi) is 5.07. The molecule has 0 radical (unpaired) electrons. The van der Waals surface area contributed by atoms with Gasteiger partial charge in [0.1, 0.15) is 5.75 Å². The smallest absolute Gasteiger partial charge is 0.227 e. The number of hydrogen-bond acceptors (Lipinski definition) is 3. The molecular weight excluding hydrogens is 292 g/mol. The minimum absolute atomic E-state index is 0.0327. The van der Waals surface area contributed by atoms with E-state index in [-0.39, 0.29) is 18.2 Å². The molecule has 1 aromatic carbocycles. The third-order valence-corrected chi connectivity index (χ3v) is 4.03. The highest BCUT2D eigenvalue weighted by Crippen LogP contribution is 2.23. The van der Waals surface area contributed by atoms with Gasteiger partial charge in [0.25, 0.3) is 0 Å². The molecule has 0 atom stereocenters. The minimum Gasteiger partial charge on any atom is -0.497 e. The highest BCUT2D eigenvalue weighted by Gasteiger charge is 2.22. The zero-order valence-electron chi connectivity index (χ0n) is 12.3. The summed E-state index contributed by atoms with van der Waals surface area (Å²) in [5, 5.41) is 0.532. The van der Waals surface area contributed by atoms with Crippen LogP contribution in [-0.4, -0.2) is 54.9 Å². The number of carbonyl (C=O) groups is 2. The third-order valence-electron chi connectivity index (χ3n) is 3.68. The maximum absolute atomic E-state index is 12.3. The average molecular weight is 311 g/mol. The van der Waals surface area contributed by atoms with Gasteiger partial charge in [-0.3, -0.25) is 9.59 Å². The highest BCUT2D eigenvalue weighted by atomic mass is 35.5. The minimum atomic E-state index is 0.0327. The molecule has 0 spiro atoms. The summed E-state index contributed by atoms with van der Waals surface area (Å²) >= 11 is 6.15. The monoisotopic (exact) mass is 310 g/mol. The fraction of sp³-hybridized carbons (Fsp3) is 0.467. The molecule has 114 valence electrons. The summed E-state index contributed by atoms with van der Waals surface area (Å²) in [5.41, 5.74) is 0.788. The van der Waals surface area contributed by atoms with E-state index in [0.717, 1.165) is 5.56 Å². The largest absolute Gasteiger partial charge is 0.497 e. The molecule has 1 aliphatic heterocycles. The molecule has 5 nitrogen and oxygen atoms in total. The number of methoxy groups -OCH3 is 1. The summed E-state index contributed by atoms with van der Waals surface area (Å²) in [5.74, 6) is 0.761.